The number of hydrogen-bond donors (Lipinski definition) is 0. The summed E-state index contributed by atoms with van der Waals surface area (Å²) >= 11 is 1.21. The van der Waals surface area contributed by atoms with Crippen LogP contribution in [0.15, 0.2) is 96.2 Å². The van der Waals surface area contributed by atoms with Crippen molar-refractivity contribution in [1.29, 1.82) is 0 Å². The van der Waals surface area contributed by atoms with E-state index in [0.717, 1.165) is 11.3 Å². The smallest absolute Gasteiger partial charge is 0.317 e. The standard InChI is InChI=1S/C26H24N4O3S/c1-29(2)25(32)23(19-12-6-3-7-13-19)33-22(31)18-34-26-28-27-24(20-14-8-4-9-15-20)30(26)21-16-10-5-11-17-21/h3-17,23H,18H2,1-2H3. The van der Waals surface area contributed by atoms with Crippen molar-refractivity contribution in [1.82, 2.24) is 19.7 Å². The summed E-state index contributed by atoms with van der Waals surface area (Å²) < 4.78 is 7.52. The zero-order valence-corrected chi connectivity index (χ0v) is 19.7. The van der Waals surface area contributed by atoms with Gasteiger partial charge in [0.15, 0.2) is 11.0 Å². The number of amides is 1. The highest BCUT2D eigenvalue weighted by atomic mass is 32.2. The minimum atomic E-state index is -1.00. The van der Waals surface area contributed by atoms with Crippen molar-refractivity contribution < 1.29 is 14.3 Å². The minimum Gasteiger partial charge on any atom is -0.447 e. The van der Waals surface area contributed by atoms with Gasteiger partial charge in [0.05, 0.1) is 5.75 Å². The van der Waals surface area contributed by atoms with Gasteiger partial charge in [-0.05, 0) is 12.1 Å². The number of nitrogens with zero attached hydrogens (tertiary/aromatic N) is 4. The molecule has 0 aliphatic rings. The molecule has 1 aromatic heterocycles. The van der Waals surface area contributed by atoms with Gasteiger partial charge in [0.25, 0.3) is 5.91 Å². The molecule has 0 aliphatic heterocycles. The molecule has 1 amide bonds. The third-order valence-electron chi connectivity index (χ3n) is 5.02. The Kier molecular flexibility index (Phi) is 7.39. The van der Waals surface area contributed by atoms with Crippen LogP contribution in [0.1, 0.15) is 11.7 Å². The first-order valence-corrected chi connectivity index (χ1v) is 11.7. The summed E-state index contributed by atoms with van der Waals surface area (Å²) in [7, 11) is 3.27. The van der Waals surface area contributed by atoms with E-state index in [1.807, 2.05) is 71.3 Å². The highest BCUT2D eigenvalue weighted by molar-refractivity contribution is 7.99. The molecule has 172 valence electrons. The summed E-state index contributed by atoms with van der Waals surface area (Å²) in [6.45, 7) is 0. The first-order chi connectivity index (χ1) is 16.5. The summed E-state index contributed by atoms with van der Waals surface area (Å²) in [6.07, 6.45) is -1.00. The molecule has 7 nitrogen and oxygen atoms in total. The lowest BCUT2D eigenvalue weighted by atomic mass is 10.1. The number of carbonyl (C=O) groups is 2. The highest BCUT2D eigenvalue weighted by Crippen LogP contribution is 2.28. The van der Waals surface area contributed by atoms with Crippen molar-refractivity contribution in [3.05, 3.63) is 96.6 Å². The number of para-hydroxylation sites is 1. The second kappa shape index (κ2) is 10.8. The number of rotatable bonds is 8. The van der Waals surface area contributed by atoms with Crippen LogP contribution in [-0.4, -0.2) is 51.4 Å². The van der Waals surface area contributed by atoms with Crippen LogP contribution >= 0.6 is 11.8 Å². The number of hydrogen-bond acceptors (Lipinski definition) is 6. The van der Waals surface area contributed by atoms with E-state index in [9.17, 15) is 9.59 Å². The highest BCUT2D eigenvalue weighted by Gasteiger charge is 2.27. The molecule has 8 heteroatoms. The van der Waals surface area contributed by atoms with E-state index in [4.69, 9.17) is 4.74 Å². The average Bonchev–Trinajstić information content (AvgIpc) is 3.31. The van der Waals surface area contributed by atoms with Gasteiger partial charge in [0.1, 0.15) is 0 Å². The van der Waals surface area contributed by atoms with Crippen LogP contribution in [0.5, 0.6) is 0 Å². The molecule has 1 unspecified atom stereocenters. The molecule has 0 bridgehead atoms. The second-order valence-corrected chi connectivity index (χ2v) is 8.59. The summed E-state index contributed by atoms with van der Waals surface area (Å²) in [6, 6.07) is 28.5. The van der Waals surface area contributed by atoms with E-state index in [2.05, 4.69) is 10.2 Å². The Morgan fingerprint density at radius 3 is 2.09 bits per heavy atom. The van der Waals surface area contributed by atoms with E-state index >= 15 is 0 Å². The molecule has 1 atom stereocenters. The Labute approximate surface area is 202 Å². The van der Waals surface area contributed by atoms with E-state index < -0.39 is 12.1 Å². The molecule has 4 rings (SSSR count). The summed E-state index contributed by atoms with van der Waals surface area (Å²) in [5.41, 5.74) is 2.42. The van der Waals surface area contributed by atoms with Crippen LogP contribution < -0.4 is 0 Å². The molecule has 0 aliphatic carbocycles. The lowest BCUT2D eigenvalue weighted by Crippen LogP contribution is -2.31. The predicted octanol–water partition coefficient (Wildman–Crippen LogP) is 4.40. The molecular formula is C26H24N4O3S. The number of likely N-dealkylation sites (N-methyl/N-ethyl adjacent to an activating group) is 1. The van der Waals surface area contributed by atoms with Crippen molar-refractivity contribution in [3.63, 3.8) is 0 Å². The zero-order valence-electron chi connectivity index (χ0n) is 18.9. The lowest BCUT2D eigenvalue weighted by Gasteiger charge is -2.21. The predicted molar refractivity (Wildman–Crippen MR) is 131 cm³/mol. The number of carbonyl (C=O) groups excluding carboxylic acids is 2. The van der Waals surface area contributed by atoms with Crippen LogP contribution in [0, 0.1) is 0 Å². The molecule has 0 saturated carbocycles. The second-order valence-electron chi connectivity index (χ2n) is 7.65. The van der Waals surface area contributed by atoms with Crippen molar-refractivity contribution in [3.8, 4) is 17.1 Å². The largest absolute Gasteiger partial charge is 0.447 e. The zero-order chi connectivity index (χ0) is 23.9. The maximum Gasteiger partial charge on any atom is 0.317 e. The average molecular weight is 473 g/mol. The maximum absolute atomic E-state index is 12.8. The van der Waals surface area contributed by atoms with E-state index in [1.165, 1.54) is 16.7 Å². The SMILES string of the molecule is CN(C)C(=O)C(OC(=O)CSc1nnc(-c2ccccc2)n1-c1ccccc1)c1ccccc1. The number of benzene rings is 3. The van der Waals surface area contributed by atoms with Crippen LogP contribution in [-0.2, 0) is 14.3 Å². The van der Waals surface area contributed by atoms with Gasteiger partial charge in [0.2, 0.25) is 6.10 Å². The van der Waals surface area contributed by atoms with Crippen LogP contribution in [0.25, 0.3) is 17.1 Å². The third-order valence-corrected chi connectivity index (χ3v) is 5.92. The Balaban J connectivity index is 1.56. The van der Waals surface area contributed by atoms with E-state index in [-0.39, 0.29) is 11.7 Å². The monoisotopic (exact) mass is 472 g/mol. The number of aromatic nitrogens is 3. The van der Waals surface area contributed by atoms with Crippen molar-refractivity contribution >= 4 is 23.6 Å². The Morgan fingerprint density at radius 2 is 1.47 bits per heavy atom. The maximum atomic E-state index is 12.8. The molecule has 4 aromatic rings. The van der Waals surface area contributed by atoms with Gasteiger partial charge in [-0.3, -0.25) is 14.2 Å². The molecule has 0 fully saturated rings. The van der Waals surface area contributed by atoms with Crippen LogP contribution in [0.4, 0.5) is 0 Å². The quantitative estimate of drug-likeness (QED) is 0.279. The van der Waals surface area contributed by atoms with Crippen molar-refractivity contribution in [2.24, 2.45) is 0 Å². The van der Waals surface area contributed by atoms with Gasteiger partial charge in [-0.2, -0.15) is 0 Å². The molecule has 0 N–H and O–H groups in total. The Bertz CT molecular complexity index is 1250. The first kappa shape index (κ1) is 23.3. The van der Waals surface area contributed by atoms with Gasteiger partial charge in [-0.25, -0.2) is 0 Å². The fourth-order valence-corrected chi connectivity index (χ4v) is 4.09. The fraction of sp³-hybridized carbons (Fsp3) is 0.154. The van der Waals surface area contributed by atoms with Gasteiger partial charge in [-0.1, -0.05) is 90.6 Å². The number of ether oxygens (including phenoxy) is 1. The van der Waals surface area contributed by atoms with Gasteiger partial charge >= 0.3 is 5.97 Å². The van der Waals surface area contributed by atoms with Gasteiger partial charge in [-0.15, -0.1) is 10.2 Å². The molecule has 3 aromatic carbocycles. The molecular weight excluding hydrogens is 448 g/mol. The fourth-order valence-electron chi connectivity index (χ4n) is 3.36. The van der Waals surface area contributed by atoms with Gasteiger partial charge in [0, 0.05) is 30.9 Å². The molecule has 0 radical (unpaired) electrons. The van der Waals surface area contributed by atoms with E-state index in [0.29, 0.717) is 16.5 Å². The number of esters is 1. The Morgan fingerprint density at radius 1 is 0.882 bits per heavy atom. The van der Waals surface area contributed by atoms with E-state index in [1.54, 1.807) is 38.4 Å². The minimum absolute atomic E-state index is 0.0240. The number of thioether (sulfide) groups is 1. The lowest BCUT2D eigenvalue weighted by molar-refractivity contribution is -0.157. The normalized spacial score (nSPS) is 11.6. The summed E-state index contributed by atoms with van der Waals surface area (Å²) in [5, 5.41) is 9.27. The van der Waals surface area contributed by atoms with Crippen LogP contribution in [0.3, 0.4) is 0 Å². The topological polar surface area (TPSA) is 77.3 Å². The van der Waals surface area contributed by atoms with Crippen LogP contribution in [0.2, 0.25) is 0 Å². The molecule has 0 saturated heterocycles. The first-order valence-electron chi connectivity index (χ1n) is 10.7. The summed E-state index contributed by atoms with van der Waals surface area (Å²) in [5.74, 6) is -0.169. The Hall–Kier alpha value is -3.91. The van der Waals surface area contributed by atoms with Crippen molar-refractivity contribution in [2.75, 3.05) is 19.8 Å². The molecule has 0 spiro atoms. The molecule has 1 heterocycles. The third kappa shape index (κ3) is 5.35. The molecule has 34 heavy (non-hydrogen) atoms. The summed E-state index contributed by atoms with van der Waals surface area (Å²) in [4.78, 5) is 26.9. The van der Waals surface area contributed by atoms with Crippen molar-refractivity contribution in [2.45, 2.75) is 11.3 Å². The van der Waals surface area contributed by atoms with Gasteiger partial charge < -0.3 is 9.64 Å².